The Balaban J connectivity index is 1.70. The highest BCUT2D eigenvalue weighted by molar-refractivity contribution is 9.10. The minimum Gasteiger partial charge on any atom is -0.492 e. The summed E-state index contributed by atoms with van der Waals surface area (Å²) >= 11 is 3.35. The normalized spacial score (nSPS) is 10.1. The third-order valence-corrected chi connectivity index (χ3v) is 2.74. The molecule has 0 aliphatic heterocycles. The van der Waals surface area contributed by atoms with Crippen LogP contribution in [0.2, 0.25) is 0 Å². The highest BCUT2D eigenvalue weighted by Gasteiger charge is 2.06. The molecule has 0 spiro atoms. The molecule has 1 N–H and O–H groups in total. The van der Waals surface area contributed by atoms with Gasteiger partial charge in [0.1, 0.15) is 12.4 Å². The average molecular weight is 310 g/mol. The van der Waals surface area contributed by atoms with Crippen LogP contribution in [0.25, 0.3) is 0 Å². The fourth-order valence-corrected chi connectivity index (χ4v) is 1.62. The summed E-state index contributed by atoms with van der Waals surface area (Å²) in [7, 11) is 0. The van der Waals surface area contributed by atoms with E-state index in [9.17, 15) is 4.79 Å². The minimum absolute atomic E-state index is 0.237. The lowest BCUT2D eigenvalue weighted by Gasteiger charge is -2.06. The van der Waals surface area contributed by atoms with E-state index in [1.54, 1.807) is 12.1 Å². The summed E-state index contributed by atoms with van der Waals surface area (Å²) in [5, 5.41) is 2.70. The number of carbonyl (C=O) groups is 1. The van der Waals surface area contributed by atoms with E-state index in [4.69, 9.17) is 9.15 Å². The zero-order valence-corrected chi connectivity index (χ0v) is 11.1. The highest BCUT2D eigenvalue weighted by atomic mass is 79.9. The maximum absolute atomic E-state index is 11.5. The molecular weight excluding hydrogens is 298 g/mol. The first-order chi connectivity index (χ1) is 8.75. The molecule has 5 heteroatoms. The van der Waals surface area contributed by atoms with Gasteiger partial charge >= 0.3 is 0 Å². The number of benzene rings is 1. The van der Waals surface area contributed by atoms with Crippen molar-refractivity contribution in [3.8, 4) is 5.75 Å². The van der Waals surface area contributed by atoms with Gasteiger partial charge in [-0.05, 0) is 36.4 Å². The Labute approximate surface area is 113 Å². The van der Waals surface area contributed by atoms with Crippen molar-refractivity contribution in [1.82, 2.24) is 5.32 Å². The van der Waals surface area contributed by atoms with Crippen molar-refractivity contribution >= 4 is 21.8 Å². The van der Waals surface area contributed by atoms with Crippen LogP contribution in [0.15, 0.2) is 51.6 Å². The van der Waals surface area contributed by atoms with Gasteiger partial charge in [0.2, 0.25) is 0 Å². The van der Waals surface area contributed by atoms with Gasteiger partial charge in [-0.25, -0.2) is 0 Å². The summed E-state index contributed by atoms with van der Waals surface area (Å²) in [5.41, 5.74) is 0. The number of carbonyl (C=O) groups excluding carboxylic acids is 1. The first-order valence-corrected chi connectivity index (χ1v) is 6.25. The number of hydrogen-bond donors (Lipinski definition) is 1. The van der Waals surface area contributed by atoms with Crippen molar-refractivity contribution in [2.24, 2.45) is 0 Å². The van der Waals surface area contributed by atoms with Crippen LogP contribution in [0, 0.1) is 0 Å². The predicted octanol–water partition coefficient (Wildman–Crippen LogP) is 2.85. The summed E-state index contributed by atoms with van der Waals surface area (Å²) in [6.45, 7) is 0.837. The van der Waals surface area contributed by atoms with Gasteiger partial charge in [-0.3, -0.25) is 4.79 Å². The highest BCUT2D eigenvalue weighted by Crippen LogP contribution is 2.15. The second-order valence-electron chi connectivity index (χ2n) is 3.54. The molecule has 0 saturated heterocycles. The second kappa shape index (κ2) is 6.26. The van der Waals surface area contributed by atoms with Crippen molar-refractivity contribution in [3.05, 3.63) is 52.9 Å². The van der Waals surface area contributed by atoms with Crippen LogP contribution in [-0.2, 0) is 0 Å². The van der Waals surface area contributed by atoms with E-state index >= 15 is 0 Å². The summed E-state index contributed by atoms with van der Waals surface area (Å²) in [6.07, 6.45) is 1.47. The molecule has 0 fully saturated rings. The fraction of sp³-hybridized carbons (Fsp3) is 0.154. The Hall–Kier alpha value is -1.75. The predicted molar refractivity (Wildman–Crippen MR) is 70.7 cm³/mol. The molecule has 2 aromatic rings. The Bertz CT molecular complexity index is 493. The number of ether oxygens (including phenoxy) is 1. The van der Waals surface area contributed by atoms with E-state index in [-0.39, 0.29) is 5.91 Å². The number of rotatable bonds is 5. The van der Waals surface area contributed by atoms with Crippen LogP contribution in [0.1, 0.15) is 10.6 Å². The monoisotopic (exact) mass is 309 g/mol. The fourth-order valence-electron chi connectivity index (χ4n) is 1.36. The van der Waals surface area contributed by atoms with E-state index in [0.29, 0.717) is 18.9 Å². The molecule has 0 atom stereocenters. The summed E-state index contributed by atoms with van der Waals surface area (Å²) < 4.78 is 11.4. The smallest absolute Gasteiger partial charge is 0.287 e. The lowest BCUT2D eigenvalue weighted by Crippen LogP contribution is -2.27. The largest absolute Gasteiger partial charge is 0.492 e. The lowest BCUT2D eigenvalue weighted by molar-refractivity contribution is 0.0919. The number of hydrogen-bond acceptors (Lipinski definition) is 3. The van der Waals surface area contributed by atoms with E-state index in [0.717, 1.165) is 10.2 Å². The molecular formula is C13H12BrNO3. The van der Waals surface area contributed by atoms with Crippen molar-refractivity contribution < 1.29 is 13.9 Å². The summed E-state index contributed by atoms with van der Waals surface area (Å²) in [5.74, 6) is 0.837. The Morgan fingerprint density at radius 1 is 1.28 bits per heavy atom. The van der Waals surface area contributed by atoms with Crippen LogP contribution >= 0.6 is 15.9 Å². The van der Waals surface area contributed by atoms with Crippen LogP contribution in [0.3, 0.4) is 0 Å². The molecule has 1 aromatic carbocycles. The van der Waals surface area contributed by atoms with E-state index in [2.05, 4.69) is 21.2 Å². The van der Waals surface area contributed by atoms with Crippen LogP contribution < -0.4 is 10.1 Å². The molecule has 0 aliphatic rings. The average Bonchev–Trinajstić information content (AvgIpc) is 2.90. The second-order valence-corrected chi connectivity index (χ2v) is 4.45. The lowest BCUT2D eigenvalue weighted by atomic mass is 10.3. The van der Waals surface area contributed by atoms with Gasteiger partial charge in [0.05, 0.1) is 12.8 Å². The molecule has 18 heavy (non-hydrogen) atoms. The van der Waals surface area contributed by atoms with Gasteiger partial charge in [0.15, 0.2) is 5.76 Å². The molecule has 0 bridgehead atoms. The SMILES string of the molecule is O=C(NCCOc1ccc(Br)cc1)c1ccco1. The molecule has 1 heterocycles. The summed E-state index contributed by atoms with van der Waals surface area (Å²) in [6, 6.07) is 10.8. The van der Waals surface area contributed by atoms with Crippen LogP contribution in [0.4, 0.5) is 0 Å². The zero-order valence-electron chi connectivity index (χ0n) is 9.56. The minimum atomic E-state index is -0.237. The Kier molecular flexibility index (Phi) is 4.41. The zero-order chi connectivity index (χ0) is 12.8. The van der Waals surface area contributed by atoms with Crippen molar-refractivity contribution in [2.45, 2.75) is 0 Å². The molecule has 4 nitrogen and oxygen atoms in total. The molecule has 1 aromatic heterocycles. The molecule has 0 unspecified atom stereocenters. The van der Waals surface area contributed by atoms with E-state index in [1.165, 1.54) is 6.26 Å². The number of halogens is 1. The molecule has 0 aliphatic carbocycles. The van der Waals surface area contributed by atoms with Gasteiger partial charge in [0, 0.05) is 4.47 Å². The number of furan rings is 1. The van der Waals surface area contributed by atoms with E-state index < -0.39 is 0 Å². The first kappa shape index (κ1) is 12.7. The van der Waals surface area contributed by atoms with Crippen molar-refractivity contribution in [3.63, 3.8) is 0 Å². The standard InChI is InChI=1S/C13H12BrNO3/c14-10-3-5-11(6-4-10)17-9-7-15-13(16)12-2-1-8-18-12/h1-6,8H,7,9H2,(H,15,16). The molecule has 94 valence electrons. The Morgan fingerprint density at radius 2 is 2.06 bits per heavy atom. The summed E-state index contributed by atoms with van der Waals surface area (Å²) in [4.78, 5) is 11.5. The van der Waals surface area contributed by atoms with Crippen LogP contribution in [-0.4, -0.2) is 19.1 Å². The third-order valence-electron chi connectivity index (χ3n) is 2.21. The van der Waals surface area contributed by atoms with Crippen molar-refractivity contribution in [2.75, 3.05) is 13.2 Å². The van der Waals surface area contributed by atoms with Gasteiger partial charge in [-0.2, -0.15) is 0 Å². The Morgan fingerprint density at radius 3 is 2.72 bits per heavy atom. The molecule has 1 amide bonds. The molecule has 2 rings (SSSR count). The quantitative estimate of drug-likeness (QED) is 0.864. The maximum Gasteiger partial charge on any atom is 0.287 e. The van der Waals surface area contributed by atoms with E-state index in [1.807, 2.05) is 24.3 Å². The first-order valence-electron chi connectivity index (χ1n) is 5.46. The van der Waals surface area contributed by atoms with Gasteiger partial charge in [-0.1, -0.05) is 15.9 Å². The number of amides is 1. The molecule has 0 radical (unpaired) electrons. The van der Waals surface area contributed by atoms with Gasteiger partial charge < -0.3 is 14.5 Å². The van der Waals surface area contributed by atoms with Crippen LogP contribution in [0.5, 0.6) is 5.75 Å². The topological polar surface area (TPSA) is 51.5 Å². The van der Waals surface area contributed by atoms with Gasteiger partial charge in [-0.15, -0.1) is 0 Å². The van der Waals surface area contributed by atoms with Crippen molar-refractivity contribution in [1.29, 1.82) is 0 Å². The van der Waals surface area contributed by atoms with Gasteiger partial charge in [0.25, 0.3) is 5.91 Å². The maximum atomic E-state index is 11.5. The molecule has 0 saturated carbocycles. The number of nitrogens with one attached hydrogen (secondary N) is 1. The third kappa shape index (κ3) is 3.63.